The highest BCUT2D eigenvalue weighted by atomic mass is 79.9. The van der Waals surface area contributed by atoms with Gasteiger partial charge in [-0.25, -0.2) is 4.68 Å². The lowest BCUT2D eigenvalue weighted by Crippen LogP contribution is -2.02. The van der Waals surface area contributed by atoms with Crippen LogP contribution in [0.15, 0.2) is 28.7 Å². The van der Waals surface area contributed by atoms with Crippen molar-refractivity contribution < 1.29 is 4.74 Å². The van der Waals surface area contributed by atoms with Crippen molar-refractivity contribution in [1.29, 1.82) is 0 Å². The van der Waals surface area contributed by atoms with E-state index in [0.717, 1.165) is 21.6 Å². The molecule has 2 rings (SSSR count). The van der Waals surface area contributed by atoms with Crippen LogP contribution in [-0.4, -0.2) is 16.9 Å². The molecule has 5 heteroatoms. The number of aromatic nitrogens is 2. The van der Waals surface area contributed by atoms with Crippen LogP contribution >= 0.6 is 15.9 Å². The number of nitrogens with zero attached hydrogens (tertiary/aromatic N) is 2. The zero-order valence-corrected chi connectivity index (χ0v) is 12.2. The maximum atomic E-state index is 6.08. The molecule has 2 N–H and O–H groups in total. The van der Waals surface area contributed by atoms with Crippen LogP contribution < -0.4 is 10.5 Å². The minimum Gasteiger partial charge on any atom is -0.497 e. The van der Waals surface area contributed by atoms with Crippen LogP contribution in [0, 0.1) is 0 Å². The fourth-order valence-electron chi connectivity index (χ4n) is 1.74. The Balaban J connectivity index is 2.53. The molecular formula is C13H16BrN3O. The van der Waals surface area contributed by atoms with E-state index in [1.807, 2.05) is 24.3 Å². The molecule has 0 amide bonds. The molecule has 0 fully saturated rings. The van der Waals surface area contributed by atoms with Gasteiger partial charge in [-0.3, -0.25) is 0 Å². The Bertz CT molecular complexity index is 563. The smallest absolute Gasteiger partial charge is 0.141 e. The molecule has 0 spiro atoms. The van der Waals surface area contributed by atoms with Gasteiger partial charge in [0.25, 0.3) is 0 Å². The van der Waals surface area contributed by atoms with E-state index in [9.17, 15) is 0 Å². The monoisotopic (exact) mass is 309 g/mol. The first-order valence-corrected chi connectivity index (χ1v) is 6.52. The number of nitrogen functional groups attached to an aromatic ring is 1. The topological polar surface area (TPSA) is 53.1 Å². The SMILES string of the molecule is COc1cccc(-n2nc(C(C)C)c(Br)c2N)c1. The van der Waals surface area contributed by atoms with Gasteiger partial charge in [0, 0.05) is 6.07 Å². The van der Waals surface area contributed by atoms with Gasteiger partial charge in [0.2, 0.25) is 0 Å². The summed E-state index contributed by atoms with van der Waals surface area (Å²) < 4.78 is 7.79. The second-order valence-electron chi connectivity index (χ2n) is 4.35. The number of benzene rings is 1. The van der Waals surface area contributed by atoms with Crippen molar-refractivity contribution in [2.45, 2.75) is 19.8 Å². The van der Waals surface area contributed by atoms with Crippen LogP contribution in [0.2, 0.25) is 0 Å². The molecule has 0 bridgehead atoms. The molecule has 0 radical (unpaired) electrons. The van der Waals surface area contributed by atoms with E-state index in [4.69, 9.17) is 10.5 Å². The number of halogens is 1. The van der Waals surface area contributed by atoms with Crippen LogP contribution in [0.25, 0.3) is 5.69 Å². The molecule has 0 atom stereocenters. The average molecular weight is 310 g/mol. The predicted octanol–water partition coefficient (Wildman–Crippen LogP) is 3.35. The van der Waals surface area contributed by atoms with Crippen molar-refractivity contribution in [3.63, 3.8) is 0 Å². The average Bonchev–Trinajstić information content (AvgIpc) is 2.67. The number of hydrogen-bond donors (Lipinski definition) is 1. The molecule has 0 saturated carbocycles. The lowest BCUT2D eigenvalue weighted by molar-refractivity contribution is 0.414. The molecular weight excluding hydrogens is 294 g/mol. The molecule has 0 unspecified atom stereocenters. The van der Waals surface area contributed by atoms with Gasteiger partial charge < -0.3 is 10.5 Å². The second-order valence-corrected chi connectivity index (χ2v) is 5.15. The van der Waals surface area contributed by atoms with Gasteiger partial charge in [-0.1, -0.05) is 19.9 Å². The first-order chi connectivity index (χ1) is 8.54. The standard InChI is InChI=1S/C13H16BrN3O/c1-8(2)12-11(14)13(15)17(16-12)9-5-4-6-10(7-9)18-3/h4-8H,15H2,1-3H3. The maximum absolute atomic E-state index is 6.08. The fraction of sp³-hybridized carbons (Fsp3) is 0.308. The Labute approximate surface area is 115 Å². The summed E-state index contributed by atoms with van der Waals surface area (Å²) in [5.41, 5.74) is 7.92. The highest BCUT2D eigenvalue weighted by Crippen LogP contribution is 2.31. The van der Waals surface area contributed by atoms with Crippen molar-refractivity contribution in [2.75, 3.05) is 12.8 Å². The van der Waals surface area contributed by atoms with Crippen molar-refractivity contribution in [1.82, 2.24) is 9.78 Å². The Kier molecular flexibility index (Phi) is 3.61. The van der Waals surface area contributed by atoms with Gasteiger partial charge >= 0.3 is 0 Å². The molecule has 0 saturated heterocycles. The largest absolute Gasteiger partial charge is 0.497 e. The van der Waals surface area contributed by atoms with Gasteiger partial charge in [-0.05, 0) is 34.0 Å². The maximum Gasteiger partial charge on any atom is 0.141 e. The summed E-state index contributed by atoms with van der Waals surface area (Å²) in [6, 6.07) is 7.65. The summed E-state index contributed by atoms with van der Waals surface area (Å²) in [5, 5.41) is 4.54. The van der Waals surface area contributed by atoms with Crippen molar-refractivity contribution in [3.05, 3.63) is 34.4 Å². The van der Waals surface area contributed by atoms with E-state index in [0.29, 0.717) is 11.7 Å². The van der Waals surface area contributed by atoms with E-state index in [-0.39, 0.29) is 0 Å². The summed E-state index contributed by atoms with van der Waals surface area (Å²) in [7, 11) is 1.64. The lowest BCUT2D eigenvalue weighted by Gasteiger charge is -2.06. The number of rotatable bonds is 3. The molecule has 4 nitrogen and oxygen atoms in total. The summed E-state index contributed by atoms with van der Waals surface area (Å²) in [6.45, 7) is 4.17. The minimum absolute atomic E-state index is 0.313. The number of ether oxygens (including phenoxy) is 1. The molecule has 0 aliphatic heterocycles. The molecule has 2 aromatic rings. The van der Waals surface area contributed by atoms with E-state index in [2.05, 4.69) is 34.9 Å². The van der Waals surface area contributed by atoms with Crippen LogP contribution in [0.1, 0.15) is 25.5 Å². The normalized spacial score (nSPS) is 10.9. The Morgan fingerprint density at radius 3 is 2.67 bits per heavy atom. The zero-order chi connectivity index (χ0) is 13.3. The van der Waals surface area contributed by atoms with E-state index in [1.54, 1.807) is 11.8 Å². The quantitative estimate of drug-likeness (QED) is 0.946. The van der Waals surface area contributed by atoms with Gasteiger partial charge in [0.1, 0.15) is 11.6 Å². The van der Waals surface area contributed by atoms with Gasteiger partial charge in [0.05, 0.1) is 23.0 Å². The van der Waals surface area contributed by atoms with E-state index in [1.165, 1.54) is 0 Å². The molecule has 1 heterocycles. The highest BCUT2D eigenvalue weighted by molar-refractivity contribution is 9.10. The Morgan fingerprint density at radius 2 is 2.11 bits per heavy atom. The van der Waals surface area contributed by atoms with Crippen molar-refractivity contribution in [2.24, 2.45) is 0 Å². The van der Waals surface area contributed by atoms with Crippen LogP contribution in [0.3, 0.4) is 0 Å². The van der Waals surface area contributed by atoms with Crippen molar-refractivity contribution >= 4 is 21.7 Å². The third-order valence-corrected chi connectivity index (χ3v) is 3.54. The van der Waals surface area contributed by atoms with Crippen molar-refractivity contribution in [3.8, 4) is 11.4 Å². The summed E-state index contributed by atoms with van der Waals surface area (Å²) >= 11 is 3.49. The van der Waals surface area contributed by atoms with E-state index < -0.39 is 0 Å². The fourth-order valence-corrected chi connectivity index (χ4v) is 2.44. The summed E-state index contributed by atoms with van der Waals surface area (Å²) in [4.78, 5) is 0. The minimum atomic E-state index is 0.313. The van der Waals surface area contributed by atoms with E-state index >= 15 is 0 Å². The Morgan fingerprint density at radius 1 is 1.39 bits per heavy atom. The summed E-state index contributed by atoms with van der Waals surface area (Å²) in [6.07, 6.45) is 0. The first kappa shape index (κ1) is 13.0. The van der Waals surface area contributed by atoms with Crippen LogP contribution in [0.4, 0.5) is 5.82 Å². The van der Waals surface area contributed by atoms with Crippen LogP contribution in [0.5, 0.6) is 5.75 Å². The Hall–Kier alpha value is -1.49. The number of methoxy groups -OCH3 is 1. The van der Waals surface area contributed by atoms with Crippen LogP contribution in [-0.2, 0) is 0 Å². The summed E-state index contributed by atoms with van der Waals surface area (Å²) in [5.74, 6) is 1.70. The van der Waals surface area contributed by atoms with Gasteiger partial charge in [-0.15, -0.1) is 0 Å². The predicted molar refractivity (Wildman–Crippen MR) is 76.3 cm³/mol. The number of anilines is 1. The zero-order valence-electron chi connectivity index (χ0n) is 10.6. The number of nitrogens with two attached hydrogens (primary N) is 1. The molecule has 0 aliphatic carbocycles. The number of hydrogen-bond acceptors (Lipinski definition) is 3. The molecule has 18 heavy (non-hydrogen) atoms. The van der Waals surface area contributed by atoms with Gasteiger partial charge in [0.15, 0.2) is 0 Å². The highest BCUT2D eigenvalue weighted by Gasteiger charge is 2.16. The second kappa shape index (κ2) is 5.02. The lowest BCUT2D eigenvalue weighted by atomic mass is 10.1. The van der Waals surface area contributed by atoms with Gasteiger partial charge in [-0.2, -0.15) is 5.10 Å². The molecule has 96 valence electrons. The molecule has 0 aliphatic rings. The molecule has 1 aromatic carbocycles. The third kappa shape index (κ3) is 2.22. The first-order valence-electron chi connectivity index (χ1n) is 5.73. The molecule has 1 aromatic heterocycles. The third-order valence-electron chi connectivity index (χ3n) is 2.73.